The lowest BCUT2D eigenvalue weighted by Crippen LogP contribution is -2.35. The Morgan fingerprint density at radius 3 is 2.81 bits per heavy atom. The van der Waals surface area contributed by atoms with E-state index in [0.717, 1.165) is 41.0 Å². The highest BCUT2D eigenvalue weighted by Crippen LogP contribution is 2.23. The monoisotopic (exact) mass is 351 g/mol. The summed E-state index contributed by atoms with van der Waals surface area (Å²) in [5, 5.41) is 6.22. The molecule has 0 spiro atoms. The molecule has 5 nitrogen and oxygen atoms in total. The molecule has 0 aromatic heterocycles. The van der Waals surface area contributed by atoms with E-state index in [1.807, 2.05) is 44.2 Å². The van der Waals surface area contributed by atoms with E-state index in [0.29, 0.717) is 6.42 Å². The van der Waals surface area contributed by atoms with Crippen molar-refractivity contribution in [3.8, 4) is 0 Å². The summed E-state index contributed by atoms with van der Waals surface area (Å²) in [6.45, 7) is 4.97. The van der Waals surface area contributed by atoms with Gasteiger partial charge in [-0.05, 0) is 54.7 Å². The van der Waals surface area contributed by atoms with Crippen LogP contribution in [0.1, 0.15) is 22.3 Å². The number of amides is 2. The Bertz CT molecular complexity index is 845. The number of anilines is 2. The van der Waals surface area contributed by atoms with E-state index in [9.17, 15) is 9.59 Å². The minimum absolute atomic E-state index is 0.0371. The summed E-state index contributed by atoms with van der Waals surface area (Å²) in [5.74, 6) is -0.260. The average Bonchev–Trinajstić information content (AvgIpc) is 3.06. The average molecular weight is 351 g/mol. The smallest absolute Gasteiger partial charge is 0.243 e. The minimum Gasteiger partial charge on any atom is -0.384 e. The predicted molar refractivity (Wildman–Crippen MR) is 105 cm³/mol. The van der Waals surface area contributed by atoms with Crippen molar-refractivity contribution >= 4 is 23.2 Å². The normalized spacial score (nSPS) is 12.3. The second kappa shape index (κ2) is 7.60. The van der Waals surface area contributed by atoms with Gasteiger partial charge >= 0.3 is 0 Å². The summed E-state index contributed by atoms with van der Waals surface area (Å²) in [6.07, 6.45) is 1.32. The van der Waals surface area contributed by atoms with E-state index in [1.54, 1.807) is 7.05 Å². The van der Waals surface area contributed by atoms with Crippen LogP contribution in [-0.4, -0.2) is 36.9 Å². The molecule has 2 N–H and O–H groups in total. The topological polar surface area (TPSA) is 61.4 Å². The van der Waals surface area contributed by atoms with Gasteiger partial charge in [0.2, 0.25) is 11.8 Å². The lowest BCUT2D eigenvalue weighted by molar-refractivity contribution is -0.132. The third-order valence-electron chi connectivity index (χ3n) is 4.92. The molecule has 2 aromatic rings. The molecule has 2 amide bonds. The van der Waals surface area contributed by atoms with E-state index in [4.69, 9.17) is 0 Å². The van der Waals surface area contributed by atoms with Crippen molar-refractivity contribution in [3.63, 3.8) is 0 Å². The zero-order chi connectivity index (χ0) is 18.7. The van der Waals surface area contributed by atoms with Crippen LogP contribution in [0.25, 0.3) is 0 Å². The molecular formula is C21H25N3O2. The second-order valence-corrected chi connectivity index (χ2v) is 6.89. The van der Waals surface area contributed by atoms with Crippen LogP contribution in [0, 0.1) is 13.8 Å². The number of rotatable bonds is 5. The first-order valence-corrected chi connectivity index (χ1v) is 8.90. The number of hydrogen-bond acceptors (Lipinski definition) is 3. The first-order valence-electron chi connectivity index (χ1n) is 8.90. The summed E-state index contributed by atoms with van der Waals surface area (Å²) in [5.41, 5.74) is 6.33. The Hall–Kier alpha value is -2.82. The highest BCUT2D eigenvalue weighted by molar-refractivity contribution is 5.95. The van der Waals surface area contributed by atoms with Crippen LogP contribution in [0.4, 0.5) is 11.4 Å². The molecule has 0 radical (unpaired) electrons. The van der Waals surface area contributed by atoms with Crippen LogP contribution in [-0.2, 0) is 22.4 Å². The highest BCUT2D eigenvalue weighted by Gasteiger charge is 2.16. The van der Waals surface area contributed by atoms with Crippen LogP contribution < -0.4 is 10.6 Å². The van der Waals surface area contributed by atoms with Crippen LogP contribution >= 0.6 is 0 Å². The van der Waals surface area contributed by atoms with Gasteiger partial charge in [0.15, 0.2) is 0 Å². The zero-order valence-electron chi connectivity index (χ0n) is 15.6. The maximum Gasteiger partial charge on any atom is 0.243 e. The maximum absolute atomic E-state index is 12.4. The fraction of sp³-hybridized carbons (Fsp3) is 0.333. The van der Waals surface area contributed by atoms with Crippen LogP contribution in [0.2, 0.25) is 0 Å². The zero-order valence-corrected chi connectivity index (χ0v) is 15.6. The van der Waals surface area contributed by atoms with Crippen LogP contribution in [0.3, 0.4) is 0 Å². The second-order valence-electron chi connectivity index (χ2n) is 6.89. The van der Waals surface area contributed by atoms with Gasteiger partial charge in [-0.15, -0.1) is 0 Å². The van der Waals surface area contributed by atoms with Crippen molar-refractivity contribution in [1.82, 2.24) is 4.90 Å². The van der Waals surface area contributed by atoms with E-state index in [2.05, 4.69) is 16.7 Å². The molecule has 0 aliphatic carbocycles. The molecule has 1 heterocycles. The Morgan fingerprint density at radius 2 is 2.00 bits per heavy atom. The number of likely N-dealkylation sites (N-methyl/N-ethyl adjacent to an activating group) is 1. The van der Waals surface area contributed by atoms with Gasteiger partial charge in [0, 0.05) is 25.0 Å². The molecule has 0 saturated carbocycles. The molecule has 0 atom stereocenters. The molecule has 0 saturated heterocycles. The number of nitrogens with zero attached hydrogens (tertiary/aromatic N) is 1. The van der Waals surface area contributed by atoms with Gasteiger partial charge in [-0.2, -0.15) is 0 Å². The summed E-state index contributed by atoms with van der Waals surface area (Å²) in [7, 11) is 1.66. The molecule has 2 aromatic carbocycles. The van der Waals surface area contributed by atoms with E-state index >= 15 is 0 Å². The fourth-order valence-corrected chi connectivity index (χ4v) is 3.14. The van der Waals surface area contributed by atoms with Crippen molar-refractivity contribution in [1.29, 1.82) is 0 Å². The SMILES string of the molecule is Cc1cccc(NC(=O)CN(C)C(=O)Cc2ccc3c(c2)NCC3)c1C. The van der Waals surface area contributed by atoms with Crippen molar-refractivity contribution in [2.24, 2.45) is 0 Å². The first kappa shape index (κ1) is 18.0. The van der Waals surface area contributed by atoms with Crippen molar-refractivity contribution in [2.45, 2.75) is 26.7 Å². The highest BCUT2D eigenvalue weighted by atomic mass is 16.2. The molecule has 3 rings (SSSR count). The molecule has 1 aliphatic rings. The predicted octanol–water partition coefficient (Wildman–Crippen LogP) is 2.91. The lowest BCUT2D eigenvalue weighted by Gasteiger charge is -2.18. The quantitative estimate of drug-likeness (QED) is 0.871. The number of aryl methyl sites for hydroxylation is 1. The fourth-order valence-electron chi connectivity index (χ4n) is 3.14. The third kappa shape index (κ3) is 4.04. The van der Waals surface area contributed by atoms with E-state index in [-0.39, 0.29) is 18.4 Å². The van der Waals surface area contributed by atoms with E-state index in [1.165, 1.54) is 10.5 Å². The Balaban J connectivity index is 1.57. The van der Waals surface area contributed by atoms with Gasteiger partial charge in [-0.3, -0.25) is 9.59 Å². The number of hydrogen-bond donors (Lipinski definition) is 2. The molecule has 136 valence electrons. The van der Waals surface area contributed by atoms with E-state index < -0.39 is 0 Å². The lowest BCUT2D eigenvalue weighted by atomic mass is 10.1. The molecule has 5 heteroatoms. The van der Waals surface area contributed by atoms with Crippen molar-refractivity contribution in [3.05, 3.63) is 58.7 Å². The number of nitrogens with one attached hydrogen (secondary N) is 2. The third-order valence-corrected chi connectivity index (χ3v) is 4.92. The Morgan fingerprint density at radius 1 is 1.19 bits per heavy atom. The number of fused-ring (bicyclic) bond motifs is 1. The van der Waals surface area contributed by atoms with Gasteiger partial charge in [0.05, 0.1) is 13.0 Å². The number of carbonyl (C=O) groups is 2. The number of carbonyl (C=O) groups excluding carboxylic acids is 2. The Kier molecular flexibility index (Phi) is 5.26. The van der Waals surface area contributed by atoms with Gasteiger partial charge in [-0.1, -0.05) is 24.3 Å². The van der Waals surface area contributed by atoms with Gasteiger partial charge in [0.25, 0.3) is 0 Å². The van der Waals surface area contributed by atoms with Crippen molar-refractivity contribution in [2.75, 3.05) is 30.8 Å². The Labute approximate surface area is 154 Å². The van der Waals surface area contributed by atoms with Gasteiger partial charge < -0.3 is 15.5 Å². The van der Waals surface area contributed by atoms with Gasteiger partial charge in [0.1, 0.15) is 0 Å². The summed E-state index contributed by atoms with van der Waals surface area (Å²) in [6, 6.07) is 11.9. The van der Waals surface area contributed by atoms with Crippen LogP contribution in [0.15, 0.2) is 36.4 Å². The maximum atomic E-state index is 12.4. The number of benzene rings is 2. The van der Waals surface area contributed by atoms with Crippen LogP contribution in [0.5, 0.6) is 0 Å². The molecule has 0 bridgehead atoms. The molecule has 0 fully saturated rings. The standard InChI is InChI=1S/C21H25N3O2/c1-14-5-4-6-18(15(14)2)23-20(25)13-24(3)21(26)12-16-7-8-17-9-10-22-19(17)11-16/h4-8,11,22H,9-10,12-13H2,1-3H3,(H,23,25). The summed E-state index contributed by atoms with van der Waals surface area (Å²) < 4.78 is 0. The first-order chi connectivity index (χ1) is 12.4. The largest absolute Gasteiger partial charge is 0.384 e. The molecular weight excluding hydrogens is 326 g/mol. The molecule has 0 unspecified atom stereocenters. The van der Waals surface area contributed by atoms with Gasteiger partial charge in [-0.25, -0.2) is 0 Å². The molecule has 1 aliphatic heterocycles. The summed E-state index contributed by atoms with van der Waals surface area (Å²) >= 11 is 0. The summed E-state index contributed by atoms with van der Waals surface area (Å²) in [4.78, 5) is 26.2. The minimum atomic E-state index is -0.190. The molecule has 26 heavy (non-hydrogen) atoms. The van der Waals surface area contributed by atoms with Crippen molar-refractivity contribution < 1.29 is 9.59 Å².